The highest BCUT2D eigenvalue weighted by Crippen LogP contribution is 1.95. The molecule has 1 atom stereocenters. The summed E-state index contributed by atoms with van der Waals surface area (Å²) >= 11 is -2.13. The van der Waals surface area contributed by atoms with Crippen molar-refractivity contribution in [3.05, 3.63) is 0 Å². The van der Waals surface area contributed by atoms with Crippen LogP contribution in [0.2, 0.25) is 0 Å². The van der Waals surface area contributed by atoms with Gasteiger partial charge in [-0.1, -0.05) is 0 Å². The van der Waals surface area contributed by atoms with E-state index in [0.717, 1.165) is 26.3 Å². The monoisotopic (exact) mass is 195 g/mol. The minimum atomic E-state index is -2.13. The van der Waals surface area contributed by atoms with Gasteiger partial charge in [0.15, 0.2) is 0 Å². The Morgan fingerprint density at radius 1 is 1.50 bits per heavy atom. The maximum atomic E-state index is 10.1. The first kappa shape index (κ1) is 10.1. The molecule has 1 aliphatic rings. The van der Waals surface area contributed by atoms with Crippen LogP contribution in [-0.4, -0.2) is 53.1 Å². The first-order chi connectivity index (χ1) is 5.79. The van der Waals surface area contributed by atoms with E-state index in [2.05, 4.69) is 9.08 Å². The summed E-state index contributed by atoms with van der Waals surface area (Å²) in [6, 6.07) is 0. The van der Waals surface area contributed by atoms with Crippen molar-refractivity contribution < 1.29 is 17.7 Å². The van der Waals surface area contributed by atoms with Gasteiger partial charge in [-0.3, -0.25) is 13.6 Å². The maximum absolute atomic E-state index is 10.1. The predicted molar refractivity (Wildman–Crippen MR) is 44.0 cm³/mol. The minimum Gasteiger partial charge on any atom is -0.379 e. The molecule has 12 heavy (non-hydrogen) atoms. The van der Waals surface area contributed by atoms with Crippen LogP contribution in [0.5, 0.6) is 0 Å². The van der Waals surface area contributed by atoms with E-state index >= 15 is 0 Å². The topological polar surface area (TPSA) is 59.0 Å². The van der Waals surface area contributed by atoms with Gasteiger partial charge in [-0.15, -0.1) is 0 Å². The fraction of sp³-hybridized carbons (Fsp3) is 1.00. The van der Waals surface area contributed by atoms with Crippen LogP contribution in [0.15, 0.2) is 0 Å². The maximum Gasteiger partial charge on any atom is 0.301 e. The van der Waals surface area contributed by atoms with Gasteiger partial charge in [-0.05, 0) is 0 Å². The Hall–Kier alpha value is -0.0100. The lowest BCUT2D eigenvalue weighted by molar-refractivity contribution is 0.0325. The van der Waals surface area contributed by atoms with Crippen molar-refractivity contribution in [2.45, 2.75) is 0 Å². The molecule has 72 valence electrons. The molecule has 0 aliphatic carbocycles. The second kappa shape index (κ2) is 5.60. The lowest BCUT2D eigenvalue weighted by Crippen LogP contribution is -2.38. The van der Waals surface area contributed by atoms with E-state index in [4.69, 9.17) is 9.29 Å². The third kappa shape index (κ3) is 4.13. The normalized spacial score (nSPS) is 22.4. The molecule has 0 bridgehead atoms. The zero-order chi connectivity index (χ0) is 8.81. The van der Waals surface area contributed by atoms with Crippen LogP contribution in [0.25, 0.3) is 0 Å². The van der Waals surface area contributed by atoms with Gasteiger partial charge in [0.05, 0.1) is 19.8 Å². The Bertz CT molecular complexity index is 148. The van der Waals surface area contributed by atoms with Gasteiger partial charge in [-0.25, -0.2) is 0 Å². The first-order valence-corrected chi connectivity index (χ1v) is 4.86. The molecule has 6 heteroatoms. The number of morpholine rings is 1. The second-order valence-corrected chi connectivity index (χ2v) is 3.16. The number of rotatable bonds is 4. The van der Waals surface area contributed by atoms with Crippen LogP contribution in [0, 0.1) is 0 Å². The van der Waals surface area contributed by atoms with Crippen LogP contribution in [-0.2, 0) is 20.3 Å². The number of hydrogen-bond acceptors (Lipinski definition) is 4. The van der Waals surface area contributed by atoms with Crippen LogP contribution >= 0.6 is 0 Å². The highest BCUT2D eigenvalue weighted by atomic mass is 32.2. The summed E-state index contributed by atoms with van der Waals surface area (Å²) in [5, 5.41) is 0. The van der Waals surface area contributed by atoms with Crippen LogP contribution < -0.4 is 0 Å². The molecule has 1 rings (SSSR count). The molecule has 0 aromatic heterocycles. The molecule has 1 saturated heterocycles. The third-order valence-electron chi connectivity index (χ3n) is 1.70. The Balaban J connectivity index is 2.01. The van der Waals surface area contributed by atoms with E-state index < -0.39 is 11.4 Å². The SMILES string of the molecule is O=S(O)OCCN1CCOCC1. The van der Waals surface area contributed by atoms with E-state index in [1.807, 2.05) is 0 Å². The zero-order valence-corrected chi connectivity index (χ0v) is 7.59. The quantitative estimate of drug-likeness (QED) is 0.611. The summed E-state index contributed by atoms with van der Waals surface area (Å²) in [7, 11) is 0. The van der Waals surface area contributed by atoms with Crippen LogP contribution in [0.1, 0.15) is 0 Å². The molecule has 5 nitrogen and oxygen atoms in total. The van der Waals surface area contributed by atoms with E-state index in [1.165, 1.54) is 0 Å². The van der Waals surface area contributed by atoms with E-state index in [9.17, 15) is 4.21 Å². The molecular weight excluding hydrogens is 182 g/mol. The molecule has 0 amide bonds. The lowest BCUT2D eigenvalue weighted by atomic mass is 10.4. The molecular formula is C6H13NO4S. The molecule has 0 aromatic rings. The van der Waals surface area contributed by atoms with Gasteiger partial charge in [-0.2, -0.15) is 4.21 Å². The molecule has 0 aromatic carbocycles. The fourth-order valence-corrected chi connectivity index (χ4v) is 1.28. The number of nitrogens with zero attached hydrogens (tertiary/aromatic N) is 1. The smallest absolute Gasteiger partial charge is 0.301 e. The van der Waals surface area contributed by atoms with E-state index in [0.29, 0.717) is 13.2 Å². The zero-order valence-electron chi connectivity index (χ0n) is 6.77. The standard InChI is InChI=1S/C6H13NO4S/c8-12(9)11-6-3-7-1-4-10-5-2-7/h1-6H2,(H,8,9). The van der Waals surface area contributed by atoms with Crippen molar-refractivity contribution in [3.8, 4) is 0 Å². The van der Waals surface area contributed by atoms with Gasteiger partial charge in [0.1, 0.15) is 0 Å². The Morgan fingerprint density at radius 2 is 2.17 bits per heavy atom. The summed E-state index contributed by atoms with van der Waals surface area (Å²) in [5.74, 6) is 0. The lowest BCUT2D eigenvalue weighted by Gasteiger charge is -2.25. The van der Waals surface area contributed by atoms with Gasteiger partial charge in [0, 0.05) is 19.6 Å². The summed E-state index contributed by atoms with van der Waals surface area (Å²) in [6.07, 6.45) is 0. The number of ether oxygens (including phenoxy) is 1. The molecule has 1 N–H and O–H groups in total. The van der Waals surface area contributed by atoms with Gasteiger partial charge in [0.2, 0.25) is 0 Å². The van der Waals surface area contributed by atoms with Crippen molar-refractivity contribution in [3.63, 3.8) is 0 Å². The molecule has 1 heterocycles. The van der Waals surface area contributed by atoms with Gasteiger partial charge in [0.25, 0.3) is 0 Å². The summed E-state index contributed by atoms with van der Waals surface area (Å²) in [5.41, 5.74) is 0. The molecule has 0 spiro atoms. The van der Waals surface area contributed by atoms with Crippen molar-refractivity contribution in [1.29, 1.82) is 0 Å². The Kier molecular flexibility index (Phi) is 4.70. The Morgan fingerprint density at radius 3 is 2.75 bits per heavy atom. The highest BCUT2D eigenvalue weighted by molar-refractivity contribution is 7.74. The Labute approximate surface area is 74.1 Å². The van der Waals surface area contributed by atoms with Crippen molar-refractivity contribution in [2.75, 3.05) is 39.5 Å². The summed E-state index contributed by atoms with van der Waals surface area (Å²) in [4.78, 5) is 2.14. The third-order valence-corrected chi connectivity index (χ3v) is 2.06. The molecule has 1 unspecified atom stereocenters. The molecule has 0 radical (unpaired) electrons. The molecule has 1 aliphatic heterocycles. The average Bonchev–Trinajstić information content (AvgIpc) is 2.05. The van der Waals surface area contributed by atoms with Crippen molar-refractivity contribution >= 4 is 11.4 Å². The fourth-order valence-electron chi connectivity index (χ4n) is 1.06. The molecule has 1 fully saturated rings. The average molecular weight is 195 g/mol. The van der Waals surface area contributed by atoms with Gasteiger partial charge >= 0.3 is 11.4 Å². The van der Waals surface area contributed by atoms with Crippen molar-refractivity contribution in [1.82, 2.24) is 4.90 Å². The largest absolute Gasteiger partial charge is 0.379 e. The van der Waals surface area contributed by atoms with Crippen LogP contribution in [0.4, 0.5) is 0 Å². The first-order valence-electron chi connectivity index (χ1n) is 3.83. The number of hydrogen-bond donors (Lipinski definition) is 1. The van der Waals surface area contributed by atoms with E-state index in [-0.39, 0.29) is 0 Å². The summed E-state index contributed by atoms with van der Waals surface area (Å²) in [6.45, 7) is 4.21. The van der Waals surface area contributed by atoms with Gasteiger partial charge < -0.3 is 4.74 Å². The predicted octanol–water partition coefficient (Wildman–Crippen LogP) is -0.528. The highest BCUT2D eigenvalue weighted by Gasteiger charge is 2.09. The van der Waals surface area contributed by atoms with E-state index in [1.54, 1.807) is 0 Å². The summed E-state index contributed by atoms with van der Waals surface area (Å²) < 4.78 is 28.0. The minimum absolute atomic E-state index is 0.295. The molecule has 0 saturated carbocycles. The van der Waals surface area contributed by atoms with Crippen LogP contribution in [0.3, 0.4) is 0 Å². The van der Waals surface area contributed by atoms with Crippen molar-refractivity contribution in [2.24, 2.45) is 0 Å². The second-order valence-electron chi connectivity index (χ2n) is 2.49.